The maximum absolute atomic E-state index is 13.0. The number of hydrogen-bond acceptors (Lipinski definition) is 6. The number of aliphatic imine (C=N–C) groups is 1. The van der Waals surface area contributed by atoms with Gasteiger partial charge in [0, 0.05) is 43.6 Å². The number of hydrogen-bond donors (Lipinski definition) is 0. The number of amidine groups is 1. The molecule has 0 aliphatic carbocycles. The number of likely N-dealkylation sites (N-methyl/N-ethyl adjacent to an activating group) is 2. The van der Waals surface area contributed by atoms with Gasteiger partial charge in [-0.05, 0) is 93.1 Å². The third kappa shape index (κ3) is 4.70. The van der Waals surface area contributed by atoms with Crippen molar-refractivity contribution in [1.82, 2.24) is 4.90 Å². The molecular weight excluding hydrogens is 468 g/mol. The number of ether oxygens (including phenoxy) is 1. The molecule has 0 radical (unpaired) electrons. The average Bonchev–Trinajstić information content (AvgIpc) is 3.12. The summed E-state index contributed by atoms with van der Waals surface area (Å²) >= 11 is 1.43. The fourth-order valence-electron chi connectivity index (χ4n) is 5.24. The van der Waals surface area contributed by atoms with Crippen molar-refractivity contribution in [3.63, 3.8) is 0 Å². The standard InChI is InChI=1S/C29H34N4O2S/c1-6-33-25-12-7-21(17-24(25)20(2)19-29(33,3)4)18-26-27(34)31(5)28(36-26)30-22-8-10-23(11-9-22)32-13-15-35-16-14-32/h7-12,17-19H,6,13-16H2,1-5H3/b26-18+,30-28?. The van der Waals surface area contributed by atoms with Gasteiger partial charge in [0.25, 0.3) is 5.91 Å². The third-order valence-electron chi connectivity index (χ3n) is 7.07. The number of amides is 1. The molecule has 6 nitrogen and oxygen atoms in total. The van der Waals surface area contributed by atoms with Crippen LogP contribution in [0.15, 0.2) is 58.4 Å². The molecule has 3 aliphatic heterocycles. The molecule has 188 valence electrons. The van der Waals surface area contributed by atoms with Gasteiger partial charge in [-0.1, -0.05) is 12.1 Å². The van der Waals surface area contributed by atoms with E-state index in [0.717, 1.165) is 44.1 Å². The van der Waals surface area contributed by atoms with E-state index >= 15 is 0 Å². The van der Waals surface area contributed by atoms with Crippen LogP contribution in [0.4, 0.5) is 17.1 Å². The van der Waals surface area contributed by atoms with Gasteiger partial charge in [-0.2, -0.15) is 0 Å². The van der Waals surface area contributed by atoms with Gasteiger partial charge in [0.15, 0.2) is 5.17 Å². The van der Waals surface area contributed by atoms with E-state index in [-0.39, 0.29) is 11.4 Å². The molecule has 36 heavy (non-hydrogen) atoms. The van der Waals surface area contributed by atoms with Gasteiger partial charge in [0.2, 0.25) is 0 Å². The summed E-state index contributed by atoms with van der Waals surface area (Å²) in [6.45, 7) is 13.1. The molecule has 0 N–H and O–H groups in total. The van der Waals surface area contributed by atoms with Crippen molar-refractivity contribution in [3.05, 3.63) is 64.6 Å². The zero-order chi connectivity index (χ0) is 25.4. The molecule has 0 bridgehead atoms. The van der Waals surface area contributed by atoms with E-state index in [1.807, 2.05) is 18.2 Å². The zero-order valence-corrected chi connectivity index (χ0v) is 22.6. The first kappa shape index (κ1) is 24.7. The number of morpholine rings is 1. The first-order valence-corrected chi connectivity index (χ1v) is 13.4. The molecule has 1 amide bonds. The van der Waals surface area contributed by atoms with Gasteiger partial charge in [-0.15, -0.1) is 0 Å². The van der Waals surface area contributed by atoms with Crippen molar-refractivity contribution in [3.8, 4) is 0 Å². The van der Waals surface area contributed by atoms with Gasteiger partial charge >= 0.3 is 0 Å². The van der Waals surface area contributed by atoms with Crippen LogP contribution in [0.5, 0.6) is 0 Å². The minimum Gasteiger partial charge on any atom is -0.378 e. The predicted octanol–water partition coefficient (Wildman–Crippen LogP) is 5.78. The second kappa shape index (κ2) is 9.79. The second-order valence-electron chi connectivity index (χ2n) is 9.99. The summed E-state index contributed by atoms with van der Waals surface area (Å²) in [4.78, 5) is 24.9. The van der Waals surface area contributed by atoms with Crippen LogP contribution in [0.2, 0.25) is 0 Å². The molecule has 0 spiro atoms. The van der Waals surface area contributed by atoms with Crippen LogP contribution < -0.4 is 9.80 Å². The monoisotopic (exact) mass is 502 g/mol. The first-order chi connectivity index (χ1) is 17.3. The normalized spacial score (nSPS) is 21.9. The van der Waals surface area contributed by atoms with Crippen LogP contribution in [0.1, 0.15) is 38.8 Å². The number of anilines is 2. The van der Waals surface area contributed by atoms with Crippen molar-refractivity contribution in [1.29, 1.82) is 0 Å². The minimum atomic E-state index is -0.0232. The summed E-state index contributed by atoms with van der Waals surface area (Å²) in [5, 5.41) is 0.693. The first-order valence-electron chi connectivity index (χ1n) is 12.6. The molecule has 7 heteroatoms. The highest BCUT2D eigenvalue weighted by Gasteiger charge is 2.32. The Labute approximate surface area is 218 Å². The van der Waals surface area contributed by atoms with Crippen LogP contribution in [-0.4, -0.2) is 61.4 Å². The van der Waals surface area contributed by atoms with E-state index in [2.05, 4.69) is 73.9 Å². The summed E-state index contributed by atoms with van der Waals surface area (Å²) in [5.41, 5.74) is 6.76. The highest BCUT2D eigenvalue weighted by atomic mass is 32.2. The topological polar surface area (TPSA) is 48.4 Å². The van der Waals surface area contributed by atoms with Gasteiger partial charge in [0.05, 0.1) is 29.3 Å². The number of rotatable bonds is 4. The molecule has 0 saturated carbocycles. The Morgan fingerprint density at radius 1 is 1.11 bits per heavy atom. The maximum atomic E-state index is 13.0. The molecule has 0 aromatic heterocycles. The number of nitrogens with zero attached hydrogens (tertiary/aromatic N) is 4. The largest absolute Gasteiger partial charge is 0.378 e. The Hall–Kier alpha value is -3.03. The average molecular weight is 503 g/mol. The molecular formula is C29H34N4O2S. The van der Waals surface area contributed by atoms with Crippen LogP contribution in [0.3, 0.4) is 0 Å². The lowest BCUT2D eigenvalue weighted by Crippen LogP contribution is -2.44. The Bertz CT molecular complexity index is 1260. The van der Waals surface area contributed by atoms with Crippen LogP contribution in [0.25, 0.3) is 11.6 Å². The zero-order valence-electron chi connectivity index (χ0n) is 21.7. The molecule has 2 aromatic rings. The Balaban J connectivity index is 1.37. The maximum Gasteiger partial charge on any atom is 0.266 e. The molecule has 5 rings (SSSR count). The smallest absolute Gasteiger partial charge is 0.266 e. The third-order valence-corrected chi connectivity index (χ3v) is 8.13. The van der Waals surface area contributed by atoms with E-state index in [4.69, 9.17) is 9.73 Å². The summed E-state index contributed by atoms with van der Waals surface area (Å²) in [5.74, 6) is -0.0232. The van der Waals surface area contributed by atoms with E-state index in [1.54, 1.807) is 11.9 Å². The predicted molar refractivity (Wildman–Crippen MR) is 152 cm³/mol. The van der Waals surface area contributed by atoms with Gasteiger partial charge < -0.3 is 14.5 Å². The van der Waals surface area contributed by atoms with Crippen molar-refractivity contribution in [2.24, 2.45) is 4.99 Å². The summed E-state index contributed by atoms with van der Waals surface area (Å²) in [7, 11) is 1.79. The van der Waals surface area contributed by atoms with Gasteiger partial charge in [0.1, 0.15) is 0 Å². The van der Waals surface area contributed by atoms with Crippen LogP contribution in [-0.2, 0) is 9.53 Å². The lowest BCUT2D eigenvalue weighted by atomic mass is 9.88. The van der Waals surface area contributed by atoms with Crippen LogP contribution >= 0.6 is 11.8 Å². The number of benzene rings is 2. The quantitative estimate of drug-likeness (QED) is 0.496. The number of carbonyl (C=O) groups excluding carboxylic acids is 1. The van der Waals surface area contributed by atoms with Crippen molar-refractivity contribution < 1.29 is 9.53 Å². The minimum absolute atomic E-state index is 0.0163. The lowest BCUT2D eigenvalue weighted by molar-refractivity contribution is -0.121. The molecule has 2 aromatic carbocycles. The van der Waals surface area contributed by atoms with Crippen molar-refractivity contribution >= 4 is 51.5 Å². The molecule has 2 fully saturated rings. The Morgan fingerprint density at radius 2 is 1.83 bits per heavy atom. The second-order valence-corrected chi connectivity index (χ2v) is 11.0. The molecule has 0 unspecified atom stereocenters. The van der Waals surface area contributed by atoms with E-state index in [9.17, 15) is 4.79 Å². The fraction of sp³-hybridized carbons (Fsp3) is 0.379. The molecule has 3 aliphatic rings. The highest BCUT2D eigenvalue weighted by molar-refractivity contribution is 8.18. The molecule has 0 atom stereocenters. The number of carbonyl (C=O) groups is 1. The number of thioether (sulfide) groups is 1. The summed E-state index contributed by atoms with van der Waals surface area (Å²) < 4.78 is 5.44. The summed E-state index contributed by atoms with van der Waals surface area (Å²) in [6.07, 6.45) is 4.31. The SMILES string of the molecule is CCN1c2ccc(/C=C3/SC(=Nc4ccc(N5CCOCC5)cc4)N(C)C3=O)cc2C(C)=CC1(C)C. The Kier molecular flexibility index (Phi) is 6.70. The highest BCUT2D eigenvalue weighted by Crippen LogP contribution is 2.40. The van der Waals surface area contributed by atoms with Gasteiger partial charge in [-0.25, -0.2) is 4.99 Å². The number of allylic oxidation sites excluding steroid dienone is 1. The van der Waals surface area contributed by atoms with Crippen molar-refractivity contribution in [2.75, 3.05) is 49.7 Å². The fourth-order valence-corrected chi connectivity index (χ4v) is 6.23. The van der Waals surface area contributed by atoms with E-state index < -0.39 is 0 Å². The van der Waals surface area contributed by atoms with Gasteiger partial charge in [-0.3, -0.25) is 9.69 Å². The van der Waals surface area contributed by atoms with E-state index in [0.29, 0.717) is 10.1 Å². The number of fused-ring (bicyclic) bond motifs is 1. The summed E-state index contributed by atoms with van der Waals surface area (Å²) in [6, 6.07) is 14.7. The lowest BCUT2D eigenvalue weighted by Gasteiger charge is -2.42. The Morgan fingerprint density at radius 3 is 2.53 bits per heavy atom. The molecule has 3 heterocycles. The van der Waals surface area contributed by atoms with Crippen molar-refractivity contribution in [2.45, 2.75) is 33.2 Å². The molecule has 2 saturated heterocycles. The van der Waals surface area contributed by atoms with E-state index in [1.165, 1.54) is 34.3 Å². The van der Waals surface area contributed by atoms with Crippen LogP contribution in [0, 0.1) is 0 Å².